The Morgan fingerprint density at radius 1 is 1.16 bits per heavy atom. The van der Waals surface area contributed by atoms with Crippen LogP contribution < -0.4 is 21.5 Å². The molecule has 0 aliphatic carbocycles. The fourth-order valence-corrected chi connectivity index (χ4v) is 3.95. The van der Waals surface area contributed by atoms with Crippen LogP contribution in [0.3, 0.4) is 0 Å². The molecule has 0 saturated heterocycles. The molecule has 0 aliphatic rings. The van der Waals surface area contributed by atoms with Crippen LogP contribution in [0, 0.1) is 5.82 Å². The number of carbonyl (C=O) groups excluding carboxylic acids is 1. The van der Waals surface area contributed by atoms with E-state index in [0.29, 0.717) is 34.8 Å². The average Bonchev–Trinajstić information content (AvgIpc) is 3.19. The fraction of sp³-hybridized carbons (Fsp3) is 0.143. The van der Waals surface area contributed by atoms with Gasteiger partial charge < -0.3 is 20.5 Å². The summed E-state index contributed by atoms with van der Waals surface area (Å²) in [6.45, 7) is 2.45. The summed E-state index contributed by atoms with van der Waals surface area (Å²) >= 11 is 1.43. The maximum atomic E-state index is 13.1. The first-order valence-electron chi connectivity index (χ1n) is 9.49. The minimum Gasteiger partial charge on any atom is -0.355 e. The van der Waals surface area contributed by atoms with Crippen molar-refractivity contribution < 1.29 is 9.18 Å². The number of amides is 1. The molecule has 0 aliphatic heterocycles. The minimum absolute atomic E-state index is 0.116. The van der Waals surface area contributed by atoms with Crippen LogP contribution in [0.2, 0.25) is 0 Å². The lowest BCUT2D eigenvalue weighted by molar-refractivity contribution is 0.0963. The zero-order chi connectivity index (χ0) is 22.0. The van der Waals surface area contributed by atoms with Crippen LogP contribution in [0.1, 0.15) is 17.3 Å². The number of halogens is 1. The van der Waals surface area contributed by atoms with Crippen molar-refractivity contribution in [3.05, 3.63) is 69.8 Å². The van der Waals surface area contributed by atoms with Gasteiger partial charge in [-0.3, -0.25) is 9.59 Å². The van der Waals surface area contributed by atoms with E-state index >= 15 is 0 Å². The van der Waals surface area contributed by atoms with Crippen LogP contribution >= 0.6 is 11.3 Å². The molecule has 4 aromatic rings. The van der Waals surface area contributed by atoms with Crippen molar-refractivity contribution in [3.8, 4) is 0 Å². The van der Waals surface area contributed by atoms with Crippen LogP contribution in [-0.4, -0.2) is 27.5 Å². The second kappa shape index (κ2) is 8.52. The fourth-order valence-electron chi connectivity index (χ4n) is 3.08. The summed E-state index contributed by atoms with van der Waals surface area (Å²) in [7, 11) is 1.53. The highest BCUT2D eigenvalue weighted by Gasteiger charge is 2.16. The molecule has 0 fully saturated rings. The molecule has 10 heteroatoms. The third-order valence-electron chi connectivity index (χ3n) is 4.64. The summed E-state index contributed by atoms with van der Waals surface area (Å²) in [5.74, 6) is 0.307. The Bertz CT molecular complexity index is 1320. The van der Waals surface area contributed by atoms with Gasteiger partial charge in [0, 0.05) is 29.9 Å². The van der Waals surface area contributed by atoms with Crippen molar-refractivity contribution >= 4 is 50.5 Å². The number of carbonyl (C=O) groups is 1. The second-order valence-corrected chi connectivity index (χ2v) is 7.49. The summed E-state index contributed by atoms with van der Waals surface area (Å²) < 4.78 is 15.6. The summed E-state index contributed by atoms with van der Waals surface area (Å²) in [5.41, 5.74) is 0.767. The highest BCUT2D eigenvalue weighted by Crippen LogP contribution is 2.31. The van der Waals surface area contributed by atoms with E-state index in [0.717, 1.165) is 10.9 Å². The molecule has 3 N–H and O–H groups in total. The number of rotatable bonds is 6. The summed E-state index contributed by atoms with van der Waals surface area (Å²) in [5, 5.41) is 11.1. The molecule has 4 aromatic heterocycles. The molecule has 0 bridgehead atoms. The van der Waals surface area contributed by atoms with E-state index in [2.05, 4.69) is 25.9 Å². The van der Waals surface area contributed by atoms with Crippen molar-refractivity contribution in [2.75, 3.05) is 17.7 Å². The van der Waals surface area contributed by atoms with E-state index in [1.165, 1.54) is 30.5 Å². The van der Waals surface area contributed by atoms with Crippen molar-refractivity contribution in [2.24, 2.45) is 0 Å². The predicted octanol–water partition coefficient (Wildman–Crippen LogP) is 3.86. The second-order valence-electron chi connectivity index (χ2n) is 6.58. The molecule has 1 amide bonds. The maximum absolute atomic E-state index is 13.1. The Hall–Kier alpha value is -3.79. The monoisotopic (exact) mass is 438 g/mol. The zero-order valence-corrected chi connectivity index (χ0v) is 17.6. The van der Waals surface area contributed by atoms with Crippen molar-refractivity contribution in [3.63, 3.8) is 0 Å². The van der Waals surface area contributed by atoms with Gasteiger partial charge in [-0.15, -0.1) is 11.3 Å². The smallest absolute Gasteiger partial charge is 0.261 e. The third kappa shape index (κ3) is 4.10. The maximum Gasteiger partial charge on any atom is 0.261 e. The summed E-state index contributed by atoms with van der Waals surface area (Å²) in [6, 6.07) is 7.89. The molecule has 0 spiro atoms. The Labute approximate surface area is 180 Å². The van der Waals surface area contributed by atoms with Gasteiger partial charge >= 0.3 is 0 Å². The normalized spacial score (nSPS) is 10.8. The van der Waals surface area contributed by atoms with Gasteiger partial charge in [-0.2, -0.15) is 0 Å². The van der Waals surface area contributed by atoms with Crippen LogP contribution in [0.5, 0.6) is 0 Å². The number of thiophene rings is 1. The number of pyridine rings is 3. The van der Waals surface area contributed by atoms with Crippen LogP contribution in [0.15, 0.2) is 52.9 Å². The largest absolute Gasteiger partial charge is 0.355 e. The molecule has 4 rings (SSSR count). The molecule has 4 heterocycles. The van der Waals surface area contributed by atoms with Crippen molar-refractivity contribution in [1.29, 1.82) is 0 Å². The summed E-state index contributed by atoms with van der Waals surface area (Å²) in [6.07, 6.45) is 2.86. The first-order chi connectivity index (χ1) is 15.0. The molecule has 0 saturated carbocycles. The first kappa shape index (κ1) is 20.5. The lowest BCUT2D eigenvalue weighted by Crippen LogP contribution is -2.20. The Balaban J connectivity index is 1.75. The van der Waals surface area contributed by atoms with E-state index in [9.17, 15) is 14.0 Å². The number of fused-ring (bicyclic) bond motifs is 1. The predicted molar refractivity (Wildman–Crippen MR) is 120 cm³/mol. The molecule has 0 aromatic carbocycles. The van der Waals surface area contributed by atoms with E-state index < -0.39 is 5.82 Å². The van der Waals surface area contributed by atoms with Crippen molar-refractivity contribution in [2.45, 2.75) is 13.5 Å². The zero-order valence-electron chi connectivity index (χ0n) is 16.8. The van der Waals surface area contributed by atoms with Gasteiger partial charge in [-0.1, -0.05) is 0 Å². The quantitative estimate of drug-likeness (QED) is 0.423. The Morgan fingerprint density at radius 2 is 1.97 bits per heavy atom. The third-order valence-corrected chi connectivity index (χ3v) is 5.59. The van der Waals surface area contributed by atoms with Gasteiger partial charge in [0.05, 0.1) is 22.8 Å². The van der Waals surface area contributed by atoms with Gasteiger partial charge in [0.15, 0.2) is 0 Å². The molecule has 8 nitrogen and oxygen atoms in total. The topological polar surface area (TPSA) is 101 Å². The first-order valence-corrected chi connectivity index (χ1v) is 10.4. The van der Waals surface area contributed by atoms with Gasteiger partial charge in [-0.05, 0) is 37.3 Å². The van der Waals surface area contributed by atoms with Gasteiger partial charge in [-0.25, -0.2) is 14.4 Å². The van der Waals surface area contributed by atoms with E-state index in [4.69, 9.17) is 0 Å². The van der Waals surface area contributed by atoms with E-state index in [-0.39, 0.29) is 17.3 Å². The van der Waals surface area contributed by atoms with Crippen LogP contribution in [0.4, 0.5) is 27.5 Å². The molecule has 0 radical (unpaired) electrons. The number of hydrogen-bond acceptors (Lipinski definition) is 7. The van der Waals surface area contributed by atoms with Gasteiger partial charge in [0.1, 0.15) is 23.3 Å². The highest BCUT2D eigenvalue weighted by molar-refractivity contribution is 7.17. The Morgan fingerprint density at radius 3 is 2.68 bits per heavy atom. The number of nitrogens with zero attached hydrogens (tertiary/aromatic N) is 3. The molecule has 0 atom stereocenters. The highest BCUT2D eigenvalue weighted by atomic mass is 32.1. The molecule has 0 unspecified atom stereocenters. The lowest BCUT2D eigenvalue weighted by atomic mass is 10.2. The lowest BCUT2D eigenvalue weighted by Gasteiger charge is -2.13. The summed E-state index contributed by atoms with van der Waals surface area (Å²) in [4.78, 5) is 33.6. The average molecular weight is 438 g/mol. The molecule has 158 valence electrons. The number of nitrogens with one attached hydrogen (secondary N) is 3. The number of aryl methyl sites for hydroxylation is 1. The SMILES string of the molecule is CCn1ccc2scc(Nc3nc(Nc4ccc(F)cn4)ccc3C(=O)NC)c2c1=O. The molecule has 31 heavy (non-hydrogen) atoms. The number of hydrogen-bond donors (Lipinski definition) is 3. The Kier molecular flexibility index (Phi) is 5.63. The van der Waals surface area contributed by atoms with Crippen molar-refractivity contribution in [1.82, 2.24) is 19.9 Å². The van der Waals surface area contributed by atoms with Crippen LogP contribution in [-0.2, 0) is 6.54 Å². The standard InChI is InChI=1S/C21H19FN6O2S/c1-3-28-9-8-15-18(21(28)30)14(11-31-15)25-19-13(20(29)23-2)5-7-17(27-19)26-16-6-4-12(22)10-24-16/h4-11H,3H2,1-2H3,(H,23,29)(H2,24,25,26,27). The molecular formula is C21H19FN6O2S. The minimum atomic E-state index is -0.446. The van der Waals surface area contributed by atoms with Gasteiger partial charge in [0.25, 0.3) is 11.5 Å². The van der Waals surface area contributed by atoms with E-state index in [1.807, 2.05) is 18.4 Å². The number of anilines is 4. The molecular weight excluding hydrogens is 419 g/mol. The van der Waals surface area contributed by atoms with Gasteiger partial charge in [0.2, 0.25) is 0 Å². The van der Waals surface area contributed by atoms with E-state index in [1.54, 1.807) is 22.9 Å². The van der Waals surface area contributed by atoms with Crippen LogP contribution in [0.25, 0.3) is 10.1 Å². The number of aromatic nitrogens is 3.